The summed E-state index contributed by atoms with van der Waals surface area (Å²) >= 11 is 0. The minimum Gasteiger partial charge on any atom is -0.664 e. The van der Waals surface area contributed by atoms with E-state index in [1.165, 1.54) is 7.11 Å². The SMILES string of the molecule is C=Cc1c2[n-]c(c1C)/C=C1\[N-]/C(=C3\c4[n-]c(c(C)c4C(=O)[C@@H]3C(=O)OC)/C=c3\[n-]/c(c(C)c3CC)=C\2)[C@@H](CCC(=O)OCC)[C@@H]1C.[Mg+2]. The van der Waals surface area contributed by atoms with Crippen molar-refractivity contribution in [1.82, 2.24) is 15.0 Å². The van der Waals surface area contributed by atoms with Crippen molar-refractivity contribution >= 4 is 70.7 Å². The van der Waals surface area contributed by atoms with Crippen LogP contribution >= 0.6 is 0 Å². The molecule has 5 heterocycles. The van der Waals surface area contributed by atoms with E-state index in [9.17, 15) is 14.4 Å². The first-order valence-electron chi connectivity index (χ1n) is 15.8. The van der Waals surface area contributed by atoms with Crippen LogP contribution in [-0.2, 0) is 25.5 Å². The van der Waals surface area contributed by atoms with Crippen molar-refractivity contribution in [2.75, 3.05) is 13.7 Å². The molecule has 1 saturated heterocycles. The quantitative estimate of drug-likeness (QED) is 0.215. The van der Waals surface area contributed by atoms with Gasteiger partial charge in [0, 0.05) is 12.0 Å². The van der Waals surface area contributed by atoms with Gasteiger partial charge in [0.15, 0.2) is 5.78 Å². The number of ketones is 1. The van der Waals surface area contributed by atoms with E-state index in [1.807, 2.05) is 45.1 Å². The third-order valence-electron chi connectivity index (χ3n) is 9.71. The number of esters is 2. The molecule has 1 fully saturated rings. The molecule has 9 nitrogen and oxygen atoms in total. The molecule has 0 amide bonds. The molecule has 2 aliphatic heterocycles. The Bertz CT molecular complexity index is 2000. The Morgan fingerprint density at radius 3 is 2.32 bits per heavy atom. The molecule has 3 aromatic rings. The van der Waals surface area contributed by atoms with Crippen LogP contribution in [0.25, 0.3) is 35.2 Å². The largest absolute Gasteiger partial charge is 2.00 e. The Balaban J connectivity index is 0.00000433. The van der Waals surface area contributed by atoms with Crippen LogP contribution in [0.5, 0.6) is 0 Å². The molecule has 0 unspecified atom stereocenters. The van der Waals surface area contributed by atoms with Gasteiger partial charge in [-0.1, -0.05) is 72.6 Å². The normalized spacial score (nSPS) is 23.4. The number of methoxy groups -OCH3 is 1. The van der Waals surface area contributed by atoms with Crippen molar-refractivity contribution in [3.8, 4) is 0 Å². The van der Waals surface area contributed by atoms with Gasteiger partial charge in [0.25, 0.3) is 0 Å². The van der Waals surface area contributed by atoms with Crippen molar-refractivity contribution in [2.45, 2.75) is 60.8 Å². The van der Waals surface area contributed by atoms with Gasteiger partial charge in [0.1, 0.15) is 5.92 Å². The van der Waals surface area contributed by atoms with Crippen molar-refractivity contribution < 1.29 is 23.9 Å². The molecule has 3 aromatic heterocycles. The molecule has 0 N–H and O–H groups in total. The van der Waals surface area contributed by atoms with Crippen LogP contribution in [0.4, 0.5) is 0 Å². The van der Waals surface area contributed by atoms with Crippen LogP contribution in [-0.4, -0.2) is 54.5 Å². The summed E-state index contributed by atoms with van der Waals surface area (Å²) in [6.07, 6.45) is 9.03. The number of fused-ring (bicyclic) bond motifs is 7. The average molecular weight is 643 g/mol. The second-order valence-electron chi connectivity index (χ2n) is 12.1. The third kappa shape index (κ3) is 5.55. The molecule has 8 bridgehead atoms. The van der Waals surface area contributed by atoms with E-state index >= 15 is 0 Å². The number of rotatable bonds is 7. The fraction of sp³-hybridized carbons (Fsp3) is 0.378. The molecule has 47 heavy (non-hydrogen) atoms. The van der Waals surface area contributed by atoms with Gasteiger partial charge in [-0.15, -0.1) is 33.5 Å². The zero-order chi connectivity index (χ0) is 33.0. The minimum absolute atomic E-state index is 0. The monoisotopic (exact) mass is 642 g/mol. The molecule has 240 valence electrons. The van der Waals surface area contributed by atoms with Crippen molar-refractivity contribution in [2.24, 2.45) is 17.8 Å². The van der Waals surface area contributed by atoms with Gasteiger partial charge < -0.3 is 29.7 Å². The molecular formula is C37H38MgN4O5-2. The summed E-state index contributed by atoms with van der Waals surface area (Å²) < 4.78 is 10.4. The van der Waals surface area contributed by atoms with Gasteiger partial charge in [0.2, 0.25) is 0 Å². The Labute approximate surface area is 290 Å². The third-order valence-corrected chi connectivity index (χ3v) is 9.71. The molecule has 3 aliphatic rings. The van der Waals surface area contributed by atoms with Crippen molar-refractivity contribution in [1.29, 1.82) is 0 Å². The van der Waals surface area contributed by atoms with E-state index in [4.69, 9.17) is 29.7 Å². The van der Waals surface area contributed by atoms with Crippen LogP contribution in [0.2, 0.25) is 0 Å². The molecule has 1 aliphatic carbocycles. The Morgan fingerprint density at radius 1 is 0.957 bits per heavy atom. The zero-order valence-electron chi connectivity index (χ0n) is 28.1. The molecule has 0 saturated carbocycles. The van der Waals surface area contributed by atoms with Crippen LogP contribution < -0.4 is 25.7 Å². The number of aromatic nitrogens is 3. The van der Waals surface area contributed by atoms with Crippen LogP contribution in [0.3, 0.4) is 0 Å². The summed E-state index contributed by atoms with van der Waals surface area (Å²) in [6, 6.07) is 0. The van der Waals surface area contributed by atoms with Crippen LogP contribution in [0.15, 0.2) is 18.0 Å². The van der Waals surface area contributed by atoms with Gasteiger partial charge >= 0.3 is 35.0 Å². The summed E-state index contributed by atoms with van der Waals surface area (Å²) in [6.45, 7) is 16.2. The van der Waals surface area contributed by atoms with E-state index in [0.29, 0.717) is 40.2 Å². The maximum Gasteiger partial charge on any atom is 2.00 e. The molecule has 0 spiro atoms. The van der Waals surface area contributed by atoms with E-state index in [0.717, 1.165) is 56.5 Å². The van der Waals surface area contributed by atoms with E-state index in [-0.39, 0.29) is 59.7 Å². The maximum absolute atomic E-state index is 14.1. The maximum atomic E-state index is 14.1. The predicted octanol–water partition coefficient (Wildman–Crippen LogP) is 4.00. The number of nitrogens with zero attached hydrogens (tertiary/aromatic N) is 4. The van der Waals surface area contributed by atoms with E-state index < -0.39 is 11.9 Å². The zero-order valence-corrected chi connectivity index (χ0v) is 29.5. The number of carbonyl (C=O) groups excluding carboxylic acids is 3. The van der Waals surface area contributed by atoms with Gasteiger partial charge in [-0.3, -0.25) is 14.4 Å². The second-order valence-corrected chi connectivity index (χ2v) is 12.1. The number of carbonyl (C=O) groups is 3. The fourth-order valence-electron chi connectivity index (χ4n) is 7.16. The summed E-state index contributed by atoms with van der Waals surface area (Å²) in [5, 5.41) is 6.72. The van der Waals surface area contributed by atoms with Gasteiger partial charge in [-0.25, -0.2) is 0 Å². The number of Topliss-reactive ketones (excluding diaryl/α,β-unsaturated/α-hetero) is 1. The second kappa shape index (κ2) is 13.2. The molecule has 6 rings (SSSR count). The molecule has 0 radical (unpaired) electrons. The first-order valence-corrected chi connectivity index (χ1v) is 15.8. The molecule has 3 atom stereocenters. The number of ether oxygens (including phenoxy) is 2. The average Bonchev–Trinajstić information content (AvgIpc) is 3.77. The smallest absolute Gasteiger partial charge is 0.664 e. The number of hydrogen-bond donors (Lipinski definition) is 0. The van der Waals surface area contributed by atoms with Gasteiger partial charge in [-0.2, -0.15) is 11.4 Å². The number of allylic oxidation sites excluding steroid dienone is 2. The van der Waals surface area contributed by atoms with Crippen LogP contribution in [0.1, 0.15) is 94.6 Å². The molecule has 10 heteroatoms. The minimum atomic E-state index is -1.20. The summed E-state index contributed by atoms with van der Waals surface area (Å²) in [4.78, 5) is 54.9. The summed E-state index contributed by atoms with van der Waals surface area (Å²) in [5.41, 5.74) is 9.43. The van der Waals surface area contributed by atoms with Crippen molar-refractivity contribution in [3.05, 3.63) is 90.1 Å². The van der Waals surface area contributed by atoms with Gasteiger partial charge in [0.05, 0.1) is 13.7 Å². The summed E-state index contributed by atoms with van der Waals surface area (Å²) in [5.74, 6) is -2.97. The Hall–Kier alpha value is -4.02. The van der Waals surface area contributed by atoms with E-state index in [1.54, 1.807) is 6.92 Å². The molecular weight excluding hydrogens is 605 g/mol. The van der Waals surface area contributed by atoms with Crippen LogP contribution in [0, 0.1) is 38.5 Å². The Kier molecular flexibility index (Phi) is 9.66. The first kappa shape index (κ1) is 34.3. The Morgan fingerprint density at radius 2 is 1.66 bits per heavy atom. The standard InChI is InChI=1S/C37H39N4O5.Mg/c1-9-21-17(4)24-14-26-19(6)23(12-13-30(42)46-11-3)34(40-26)32-33(37(44)45-8)36(43)31-20(7)27(41-35(31)32)16-29-22(10-2)18(5)25(39-29)15-28(21)38-24;/h9,14-16,19,23,33H,1,10-13H2,2-8H3,(H-,40,41,43);/q-3;+2/p-1/b25-15-,26-14-,29-16-;/t19-,23-,33+;/m0./s1. The summed E-state index contributed by atoms with van der Waals surface area (Å²) in [7, 11) is 1.28. The van der Waals surface area contributed by atoms with E-state index in [2.05, 4.69) is 20.4 Å². The predicted molar refractivity (Wildman–Crippen MR) is 182 cm³/mol. The topological polar surface area (TPSA) is 126 Å². The first-order chi connectivity index (χ1) is 22.0. The van der Waals surface area contributed by atoms with Gasteiger partial charge in [-0.05, 0) is 57.9 Å². The fourth-order valence-corrected chi connectivity index (χ4v) is 7.16. The van der Waals surface area contributed by atoms with Crippen molar-refractivity contribution in [3.63, 3.8) is 0 Å². The number of hydrogen-bond acceptors (Lipinski definition) is 5. The molecule has 0 aromatic carbocycles.